The summed E-state index contributed by atoms with van der Waals surface area (Å²) in [7, 11) is 1.70. The first-order valence-corrected chi connectivity index (χ1v) is 7.98. The molecule has 3 aromatic rings. The highest BCUT2D eigenvalue weighted by atomic mass is 16.5. The van der Waals surface area contributed by atoms with Gasteiger partial charge in [0.2, 0.25) is 0 Å². The van der Waals surface area contributed by atoms with E-state index in [0.717, 1.165) is 25.4 Å². The molecule has 1 aromatic heterocycles. The maximum atomic E-state index is 5.27. The molecule has 1 unspecified atom stereocenters. The summed E-state index contributed by atoms with van der Waals surface area (Å²) in [4.78, 5) is 4.08. The van der Waals surface area contributed by atoms with Crippen LogP contribution >= 0.6 is 0 Å². The smallest absolute Gasteiger partial charge is 0.119 e. The summed E-state index contributed by atoms with van der Waals surface area (Å²) in [5, 5.41) is 6.00. The lowest BCUT2D eigenvalue weighted by Crippen LogP contribution is -2.23. The molecule has 4 heteroatoms. The summed E-state index contributed by atoms with van der Waals surface area (Å²) in [6, 6.07) is 12.8. The maximum Gasteiger partial charge on any atom is 0.119 e. The van der Waals surface area contributed by atoms with Gasteiger partial charge < -0.3 is 14.6 Å². The van der Waals surface area contributed by atoms with Crippen LogP contribution in [0.3, 0.4) is 0 Å². The maximum absolute atomic E-state index is 5.27. The Labute approximate surface area is 137 Å². The van der Waals surface area contributed by atoms with Crippen LogP contribution in [0, 0.1) is 5.92 Å². The first-order valence-electron chi connectivity index (χ1n) is 7.98. The second-order valence-corrected chi connectivity index (χ2v) is 6.04. The van der Waals surface area contributed by atoms with E-state index >= 15 is 0 Å². The van der Waals surface area contributed by atoms with Crippen LogP contribution in [0.2, 0.25) is 0 Å². The molecule has 3 rings (SSSR count). The van der Waals surface area contributed by atoms with Gasteiger partial charge in [-0.2, -0.15) is 0 Å². The van der Waals surface area contributed by atoms with Gasteiger partial charge in [-0.05, 0) is 47.0 Å². The van der Waals surface area contributed by atoms with E-state index in [0.29, 0.717) is 5.92 Å². The number of fused-ring (bicyclic) bond motifs is 1. The highest BCUT2D eigenvalue weighted by Gasteiger charge is 2.03. The summed E-state index contributed by atoms with van der Waals surface area (Å²) >= 11 is 0. The minimum atomic E-state index is 0.564. The lowest BCUT2D eigenvalue weighted by molar-refractivity contribution is 0.415. The van der Waals surface area contributed by atoms with Crippen molar-refractivity contribution in [2.45, 2.75) is 20.0 Å². The molecule has 0 spiro atoms. The minimum Gasteiger partial charge on any atom is -0.497 e. The molecule has 0 saturated heterocycles. The van der Waals surface area contributed by atoms with E-state index < -0.39 is 0 Å². The Bertz CT molecular complexity index is 752. The summed E-state index contributed by atoms with van der Waals surface area (Å²) < 4.78 is 7.39. The van der Waals surface area contributed by atoms with Gasteiger partial charge in [-0.15, -0.1) is 0 Å². The number of rotatable bonds is 7. The molecule has 0 aliphatic heterocycles. The van der Waals surface area contributed by atoms with Gasteiger partial charge in [-0.3, -0.25) is 0 Å². The van der Waals surface area contributed by atoms with Crippen molar-refractivity contribution in [3.05, 3.63) is 60.7 Å². The predicted molar refractivity (Wildman–Crippen MR) is 93.6 cm³/mol. The van der Waals surface area contributed by atoms with E-state index in [2.05, 4.69) is 52.1 Å². The topological polar surface area (TPSA) is 39.1 Å². The van der Waals surface area contributed by atoms with Gasteiger partial charge in [0, 0.05) is 25.5 Å². The van der Waals surface area contributed by atoms with Crippen LogP contribution in [0.5, 0.6) is 5.75 Å². The molecule has 120 valence electrons. The molecule has 0 saturated carbocycles. The van der Waals surface area contributed by atoms with Gasteiger partial charge in [0.05, 0.1) is 13.4 Å². The van der Waals surface area contributed by atoms with Crippen molar-refractivity contribution in [1.29, 1.82) is 0 Å². The lowest BCUT2D eigenvalue weighted by Gasteiger charge is -2.13. The van der Waals surface area contributed by atoms with Gasteiger partial charge in [-0.1, -0.05) is 25.1 Å². The van der Waals surface area contributed by atoms with E-state index in [1.165, 1.54) is 16.3 Å². The number of methoxy groups -OCH3 is 1. The molecule has 1 heterocycles. The van der Waals surface area contributed by atoms with Gasteiger partial charge >= 0.3 is 0 Å². The Kier molecular flexibility index (Phi) is 4.93. The fourth-order valence-electron chi connectivity index (χ4n) is 2.79. The summed E-state index contributed by atoms with van der Waals surface area (Å²) in [5.74, 6) is 1.46. The molecular weight excluding hydrogens is 286 g/mol. The molecule has 0 aliphatic carbocycles. The molecule has 0 aliphatic rings. The van der Waals surface area contributed by atoms with Crippen molar-refractivity contribution in [2.75, 3.05) is 13.7 Å². The third-order valence-electron chi connectivity index (χ3n) is 4.02. The fourth-order valence-corrected chi connectivity index (χ4v) is 2.79. The van der Waals surface area contributed by atoms with Gasteiger partial charge in [0.15, 0.2) is 0 Å². The molecule has 0 radical (unpaired) electrons. The van der Waals surface area contributed by atoms with Crippen LogP contribution in [-0.2, 0) is 13.1 Å². The molecule has 23 heavy (non-hydrogen) atoms. The van der Waals surface area contributed by atoms with E-state index in [1.54, 1.807) is 7.11 Å². The standard InChI is InChI=1S/C19H23N3O/c1-15(13-22-8-7-20-14-22)11-21-12-16-3-4-18-10-19(23-2)6-5-17(18)9-16/h3-10,14-15,21H,11-13H2,1-2H3. The summed E-state index contributed by atoms with van der Waals surface area (Å²) in [5.41, 5.74) is 1.30. The van der Waals surface area contributed by atoms with E-state index in [4.69, 9.17) is 4.74 Å². The Morgan fingerprint density at radius 3 is 2.78 bits per heavy atom. The molecule has 0 bridgehead atoms. The number of aromatic nitrogens is 2. The zero-order chi connectivity index (χ0) is 16.1. The number of nitrogens with zero attached hydrogens (tertiary/aromatic N) is 2. The predicted octanol–water partition coefficient (Wildman–Crippen LogP) is 3.47. The second kappa shape index (κ2) is 7.29. The molecule has 1 atom stereocenters. The van der Waals surface area contributed by atoms with Crippen LogP contribution < -0.4 is 10.1 Å². The van der Waals surface area contributed by atoms with Crippen LogP contribution in [0.15, 0.2) is 55.1 Å². The van der Waals surface area contributed by atoms with Crippen LogP contribution in [-0.4, -0.2) is 23.2 Å². The largest absolute Gasteiger partial charge is 0.497 e. The first-order chi connectivity index (χ1) is 11.2. The lowest BCUT2D eigenvalue weighted by atomic mass is 10.1. The van der Waals surface area contributed by atoms with Crippen molar-refractivity contribution in [3.8, 4) is 5.75 Å². The third kappa shape index (κ3) is 4.11. The number of ether oxygens (including phenoxy) is 1. The van der Waals surface area contributed by atoms with Crippen molar-refractivity contribution >= 4 is 10.8 Å². The second-order valence-electron chi connectivity index (χ2n) is 6.04. The Morgan fingerprint density at radius 1 is 1.17 bits per heavy atom. The average molecular weight is 309 g/mol. The minimum absolute atomic E-state index is 0.564. The number of imidazole rings is 1. The van der Waals surface area contributed by atoms with E-state index in [-0.39, 0.29) is 0 Å². The van der Waals surface area contributed by atoms with Crippen LogP contribution in [0.25, 0.3) is 10.8 Å². The first kappa shape index (κ1) is 15.6. The Balaban J connectivity index is 1.54. The molecule has 0 fully saturated rings. The highest BCUT2D eigenvalue weighted by molar-refractivity contribution is 5.84. The monoisotopic (exact) mass is 309 g/mol. The zero-order valence-electron chi connectivity index (χ0n) is 13.7. The normalized spacial score (nSPS) is 12.4. The molecule has 0 amide bonds. The zero-order valence-corrected chi connectivity index (χ0v) is 13.7. The van der Waals surface area contributed by atoms with Crippen molar-refractivity contribution in [3.63, 3.8) is 0 Å². The molecule has 4 nitrogen and oxygen atoms in total. The number of hydrogen-bond acceptors (Lipinski definition) is 3. The third-order valence-corrected chi connectivity index (χ3v) is 4.02. The van der Waals surface area contributed by atoms with Crippen molar-refractivity contribution in [1.82, 2.24) is 14.9 Å². The number of benzene rings is 2. The Hall–Kier alpha value is -2.33. The Morgan fingerprint density at radius 2 is 2.00 bits per heavy atom. The van der Waals surface area contributed by atoms with Gasteiger partial charge in [0.25, 0.3) is 0 Å². The number of nitrogens with one attached hydrogen (secondary N) is 1. The summed E-state index contributed by atoms with van der Waals surface area (Å²) in [6.45, 7) is 5.11. The quantitative estimate of drug-likeness (QED) is 0.726. The van der Waals surface area contributed by atoms with E-state index in [9.17, 15) is 0 Å². The number of hydrogen-bond donors (Lipinski definition) is 1. The van der Waals surface area contributed by atoms with Gasteiger partial charge in [-0.25, -0.2) is 4.98 Å². The molecule has 2 aromatic carbocycles. The average Bonchev–Trinajstić information content (AvgIpc) is 3.07. The summed E-state index contributed by atoms with van der Waals surface area (Å²) in [6.07, 6.45) is 5.70. The van der Waals surface area contributed by atoms with Crippen molar-refractivity contribution in [2.24, 2.45) is 5.92 Å². The van der Waals surface area contributed by atoms with E-state index in [1.807, 2.05) is 24.8 Å². The SMILES string of the molecule is COc1ccc2cc(CNCC(C)Cn3ccnc3)ccc2c1. The molecular formula is C19H23N3O. The fraction of sp³-hybridized carbons (Fsp3) is 0.316. The van der Waals surface area contributed by atoms with Crippen molar-refractivity contribution < 1.29 is 4.74 Å². The van der Waals surface area contributed by atoms with Crippen LogP contribution in [0.4, 0.5) is 0 Å². The molecule has 1 N–H and O–H groups in total. The highest BCUT2D eigenvalue weighted by Crippen LogP contribution is 2.21. The van der Waals surface area contributed by atoms with Crippen LogP contribution in [0.1, 0.15) is 12.5 Å². The van der Waals surface area contributed by atoms with Gasteiger partial charge in [0.1, 0.15) is 5.75 Å².